The number of aliphatic hydroxyl groups is 1. The van der Waals surface area contributed by atoms with Crippen molar-refractivity contribution >= 4 is 11.6 Å². The van der Waals surface area contributed by atoms with Gasteiger partial charge in [-0.1, -0.05) is 29.8 Å². The lowest BCUT2D eigenvalue weighted by Gasteiger charge is -2.13. The van der Waals surface area contributed by atoms with Gasteiger partial charge in [0.1, 0.15) is 18.2 Å². The van der Waals surface area contributed by atoms with Gasteiger partial charge in [-0.25, -0.2) is 4.39 Å². The zero-order valence-electron chi connectivity index (χ0n) is 14.2. The molecule has 0 saturated heterocycles. The topological polar surface area (TPSA) is 53.5 Å². The van der Waals surface area contributed by atoms with Crippen molar-refractivity contribution in [2.45, 2.75) is 13.2 Å². The van der Waals surface area contributed by atoms with E-state index in [-0.39, 0.29) is 43.8 Å². The zero-order chi connectivity index (χ0) is 17.2. The van der Waals surface area contributed by atoms with Gasteiger partial charge in [-0.05, 0) is 24.3 Å². The summed E-state index contributed by atoms with van der Waals surface area (Å²) in [5.41, 5.74) is 1.43. The lowest BCUT2D eigenvalue weighted by molar-refractivity contribution is -0.00100. The van der Waals surface area contributed by atoms with Crippen molar-refractivity contribution in [3.05, 3.63) is 64.4 Å². The van der Waals surface area contributed by atoms with E-state index < -0.39 is 0 Å². The van der Waals surface area contributed by atoms with Crippen LogP contribution in [0, 0.1) is 5.82 Å². The number of rotatable bonds is 10. The number of benzene rings is 2. The minimum Gasteiger partial charge on any atom is -1.00 e. The second kappa shape index (κ2) is 14.0. The number of hydrogen-bond donors (Lipinski definition) is 3. The highest BCUT2D eigenvalue weighted by atomic mass is 35.5. The first kappa shape index (κ1) is 24.9. The highest BCUT2D eigenvalue weighted by Gasteiger charge is 2.07. The summed E-state index contributed by atoms with van der Waals surface area (Å²) in [7, 11) is 0. The van der Waals surface area contributed by atoms with Crippen molar-refractivity contribution in [1.29, 1.82) is 0 Å². The normalized spacial score (nSPS) is 9.96. The van der Waals surface area contributed by atoms with E-state index in [2.05, 4.69) is 10.6 Å². The maximum Gasteiger partial charge on any atom is 0.129 e. The lowest BCUT2D eigenvalue weighted by atomic mass is 10.2. The third kappa shape index (κ3) is 8.54. The second-order valence-electron chi connectivity index (χ2n) is 5.28. The van der Waals surface area contributed by atoms with Gasteiger partial charge >= 0.3 is 0 Å². The minimum atomic E-state index is -0.277. The Morgan fingerprint density at radius 3 is 2.42 bits per heavy atom. The van der Waals surface area contributed by atoms with Crippen molar-refractivity contribution in [2.24, 2.45) is 0 Å². The van der Waals surface area contributed by atoms with E-state index in [9.17, 15) is 4.39 Å². The molecule has 3 N–H and O–H groups in total. The first-order chi connectivity index (χ1) is 11.7. The van der Waals surface area contributed by atoms with Crippen LogP contribution < -0.4 is 40.2 Å². The Balaban J connectivity index is 0.00000312. The molecule has 2 aromatic rings. The molecule has 0 atom stereocenters. The molecule has 0 unspecified atom stereocenters. The monoisotopic (exact) mass is 422 g/mol. The van der Waals surface area contributed by atoms with Gasteiger partial charge in [0, 0.05) is 42.3 Å². The Hall–Kier alpha value is -1.08. The van der Waals surface area contributed by atoms with E-state index in [1.165, 1.54) is 6.07 Å². The predicted octanol–water partition coefficient (Wildman–Crippen LogP) is -3.26. The summed E-state index contributed by atoms with van der Waals surface area (Å²) in [5, 5.41) is 15.7. The quantitative estimate of drug-likeness (QED) is 0.351. The molecule has 0 aliphatic rings. The maximum atomic E-state index is 13.7. The molecule has 0 aromatic heterocycles. The van der Waals surface area contributed by atoms with Gasteiger partial charge in [0.2, 0.25) is 0 Å². The smallest absolute Gasteiger partial charge is 0.129 e. The Morgan fingerprint density at radius 2 is 1.69 bits per heavy atom. The van der Waals surface area contributed by atoms with Gasteiger partial charge in [0.25, 0.3) is 0 Å². The summed E-state index contributed by atoms with van der Waals surface area (Å²) in [6.07, 6.45) is 0. The van der Waals surface area contributed by atoms with E-state index >= 15 is 0 Å². The van der Waals surface area contributed by atoms with E-state index in [1.807, 2.05) is 6.07 Å². The fourth-order valence-electron chi connectivity index (χ4n) is 2.20. The molecule has 0 radical (unpaired) electrons. The van der Waals surface area contributed by atoms with Crippen LogP contribution >= 0.6 is 11.6 Å². The number of halogens is 4. The Morgan fingerprint density at radius 1 is 0.962 bits per heavy atom. The van der Waals surface area contributed by atoms with Gasteiger partial charge in [-0.3, -0.25) is 0 Å². The van der Waals surface area contributed by atoms with Crippen LogP contribution in [0.4, 0.5) is 4.39 Å². The molecular weight excluding hydrogens is 402 g/mol. The fourth-order valence-corrected chi connectivity index (χ4v) is 2.40. The van der Waals surface area contributed by atoms with E-state index in [0.29, 0.717) is 29.4 Å². The minimum absolute atomic E-state index is 0. The van der Waals surface area contributed by atoms with E-state index in [0.717, 1.165) is 18.7 Å². The van der Waals surface area contributed by atoms with Crippen molar-refractivity contribution in [3.8, 4) is 5.75 Å². The lowest BCUT2D eigenvalue weighted by Crippen LogP contribution is -3.00. The summed E-state index contributed by atoms with van der Waals surface area (Å²) in [4.78, 5) is 0. The highest BCUT2D eigenvalue weighted by molar-refractivity contribution is 6.30. The number of nitrogens with one attached hydrogen (secondary N) is 2. The molecule has 0 saturated carbocycles. The SMILES string of the molecule is OCCNCCNCc1cc(Cl)ccc1OCc1ccccc1F.[Cl-].[Cl-]. The van der Waals surface area contributed by atoms with Crippen LogP contribution in [0.3, 0.4) is 0 Å². The highest BCUT2D eigenvalue weighted by Crippen LogP contribution is 2.24. The summed E-state index contributed by atoms with van der Waals surface area (Å²) < 4.78 is 19.4. The van der Waals surface area contributed by atoms with Gasteiger partial charge in [0.15, 0.2) is 0 Å². The van der Waals surface area contributed by atoms with E-state index in [4.69, 9.17) is 21.4 Å². The van der Waals surface area contributed by atoms with Crippen LogP contribution in [-0.4, -0.2) is 31.3 Å². The third-order valence-corrected chi connectivity index (χ3v) is 3.68. The van der Waals surface area contributed by atoms with Crippen molar-refractivity contribution in [2.75, 3.05) is 26.2 Å². The van der Waals surface area contributed by atoms with Gasteiger partial charge in [-0.15, -0.1) is 0 Å². The average molecular weight is 424 g/mol. The standard InChI is InChI=1S/C18H22ClFN2O2.2ClH/c19-16-5-6-18(24-13-14-3-1-2-4-17(14)20)15(11-16)12-22-8-7-21-9-10-23;;/h1-6,11,21-23H,7-10,12-13H2;2*1H/p-2. The van der Waals surface area contributed by atoms with Crippen LogP contribution in [0.2, 0.25) is 5.02 Å². The molecule has 0 amide bonds. The summed E-state index contributed by atoms with van der Waals surface area (Å²) in [6, 6.07) is 12.0. The van der Waals surface area contributed by atoms with Gasteiger partial charge in [-0.2, -0.15) is 0 Å². The number of aliphatic hydroxyl groups excluding tert-OH is 1. The van der Waals surface area contributed by atoms with Crippen molar-refractivity contribution < 1.29 is 39.0 Å². The predicted molar refractivity (Wildman–Crippen MR) is 93.8 cm³/mol. The Bertz CT molecular complexity index is 648. The molecule has 0 fully saturated rings. The van der Waals surface area contributed by atoms with Crippen molar-refractivity contribution in [1.82, 2.24) is 10.6 Å². The third-order valence-electron chi connectivity index (χ3n) is 3.45. The Kier molecular flexibility index (Phi) is 13.5. The van der Waals surface area contributed by atoms with Crippen LogP contribution in [0.5, 0.6) is 5.75 Å². The summed E-state index contributed by atoms with van der Waals surface area (Å²) in [5.74, 6) is 0.402. The number of ether oxygens (including phenoxy) is 1. The van der Waals surface area contributed by atoms with E-state index in [1.54, 1.807) is 30.3 Å². The molecule has 26 heavy (non-hydrogen) atoms. The Labute approximate surface area is 170 Å². The second-order valence-corrected chi connectivity index (χ2v) is 5.72. The fraction of sp³-hybridized carbons (Fsp3) is 0.333. The number of hydrogen-bond acceptors (Lipinski definition) is 4. The molecule has 146 valence electrons. The van der Waals surface area contributed by atoms with Crippen LogP contribution in [0.25, 0.3) is 0 Å². The van der Waals surface area contributed by atoms with Gasteiger partial charge in [0.05, 0.1) is 6.61 Å². The molecule has 4 nitrogen and oxygen atoms in total. The molecule has 0 aliphatic heterocycles. The molecule has 0 spiro atoms. The summed E-state index contributed by atoms with van der Waals surface area (Å²) in [6.45, 7) is 2.97. The average Bonchev–Trinajstić information content (AvgIpc) is 2.58. The first-order valence-corrected chi connectivity index (χ1v) is 8.25. The molecule has 0 aliphatic carbocycles. The van der Waals surface area contributed by atoms with Crippen LogP contribution in [0.1, 0.15) is 11.1 Å². The van der Waals surface area contributed by atoms with Crippen LogP contribution in [0.15, 0.2) is 42.5 Å². The molecule has 0 heterocycles. The molecule has 0 bridgehead atoms. The van der Waals surface area contributed by atoms with Gasteiger partial charge < -0.3 is 45.3 Å². The largest absolute Gasteiger partial charge is 1.00 e. The molecule has 2 rings (SSSR count). The first-order valence-electron chi connectivity index (χ1n) is 7.87. The molecule has 2 aromatic carbocycles. The van der Waals surface area contributed by atoms with Crippen LogP contribution in [-0.2, 0) is 13.2 Å². The summed E-state index contributed by atoms with van der Waals surface area (Å²) >= 11 is 6.06. The zero-order valence-corrected chi connectivity index (χ0v) is 16.4. The maximum absolute atomic E-state index is 13.7. The van der Waals surface area contributed by atoms with Crippen molar-refractivity contribution in [3.63, 3.8) is 0 Å². The molecular formula is C18H22Cl3FN2O2-2. The molecule has 8 heteroatoms.